The molecule has 8 heteroatoms. The molecule has 0 radical (unpaired) electrons. The van der Waals surface area contributed by atoms with Crippen molar-refractivity contribution in [2.75, 3.05) is 0 Å². The number of hydrogen-bond acceptors (Lipinski definition) is 4. The van der Waals surface area contributed by atoms with E-state index in [4.69, 9.17) is 5.73 Å². The van der Waals surface area contributed by atoms with Gasteiger partial charge in [0.2, 0.25) is 5.91 Å². The van der Waals surface area contributed by atoms with Crippen LogP contribution in [0.4, 0.5) is 4.39 Å². The molecule has 2 N–H and O–H groups in total. The molecular weight excluding hydrogens is 313 g/mol. The molecule has 0 saturated carbocycles. The Morgan fingerprint density at radius 2 is 2.04 bits per heavy atom. The van der Waals surface area contributed by atoms with E-state index in [0.29, 0.717) is 11.5 Å². The van der Waals surface area contributed by atoms with E-state index >= 15 is 0 Å². The number of aromatic nitrogens is 4. The van der Waals surface area contributed by atoms with E-state index in [9.17, 15) is 14.0 Å². The number of amides is 1. The van der Waals surface area contributed by atoms with Gasteiger partial charge in [-0.3, -0.25) is 9.59 Å². The van der Waals surface area contributed by atoms with Crippen molar-refractivity contribution in [3.63, 3.8) is 0 Å². The molecule has 2 aromatic heterocycles. The number of carbonyl (C=O) groups excluding carboxylic acids is 1. The monoisotopic (exact) mass is 327 g/mol. The summed E-state index contributed by atoms with van der Waals surface area (Å²) in [6, 6.07) is 10.6. The first-order valence-corrected chi connectivity index (χ1v) is 7.17. The lowest BCUT2D eigenvalue weighted by Crippen LogP contribution is -2.20. The van der Waals surface area contributed by atoms with E-state index < -0.39 is 11.7 Å². The molecule has 7 nitrogen and oxygen atoms in total. The van der Waals surface area contributed by atoms with Crippen molar-refractivity contribution in [3.8, 4) is 5.69 Å². The zero-order valence-corrected chi connectivity index (χ0v) is 12.6. The minimum atomic E-state index is -0.574. The summed E-state index contributed by atoms with van der Waals surface area (Å²) in [5.74, 6) is -0.395. The standard InChI is InChI=1S/C16H14FN5O2/c17-11-4-3-5-12(8-11)22-15(19-14(20-22)9-13(18)23)10-21-7-2-1-6-16(21)24/h1-8H,9-10H2,(H2,18,23). The van der Waals surface area contributed by atoms with Crippen molar-refractivity contribution in [1.82, 2.24) is 19.3 Å². The number of carbonyl (C=O) groups is 1. The summed E-state index contributed by atoms with van der Waals surface area (Å²) in [5.41, 5.74) is 5.42. The van der Waals surface area contributed by atoms with Crippen LogP contribution in [-0.2, 0) is 17.8 Å². The van der Waals surface area contributed by atoms with E-state index in [1.54, 1.807) is 30.5 Å². The minimum Gasteiger partial charge on any atom is -0.369 e. The molecule has 1 amide bonds. The van der Waals surface area contributed by atoms with Gasteiger partial charge in [0.05, 0.1) is 18.7 Å². The van der Waals surface area contributed by atoms with Crippen LogP contribution >= 0.6 is 0 Å². The molecule has 3 aromatic rings. The Morgan fingerprint density at radius 3 is 2.75 bits per heavy atom. The van der Waals surface area contributed by atoms with Crippen LogP contribution in [0.25, 0.3) is 5.69 Å². The summed E-state index contributed by atoms with van der Waals surface area (Å²) in [7, 11) is 0. The van der Waals surface area contributed by atoms with Gasteiger partial charge in [-0.15, -0.1) is 0 Å². The molecule has 0 saturated heterocycles. The fourth-order valence-corrected chi connectivity index (χ4v) is 2.28. The Hall–Kier alpha value is -3.29. The Bertz CT molecular complexity index is 947. The van der Waals surface area contributed by atoms with Crippen molar-refractivity contribution in [3.05, 3.63) is 76.5 Å². The van der Waals surface area contributed by atoms with Crippen LogP contribution in [-0.4, -0.2) is 25.2 Å². The van der Waals surface area contributed by atoms with Crippen LogP contribution in [0.2, 0.25) is 0 Å². The molecular formula is C16H14FN5O2. The van der Waals surface area contributed by atoms with Crippen molar-refractivity contribution in [1.29, 1.82) is 0 Å². The molecule has 24 heavy (non-hydrogen) atoms. The second kappa shape index (κ2) is 6.45. The fraction of sp³-hybridized carbons (Fsp3) is 0.125. The van der Waals surface area contributed by atoms with Crippen molar-refractivity contribution >= 4 is 5.91 Å². The second-order valence-electron chi connectivity index (χ2n) is 5.15. The molecule has 0 aliphatic heterocycles. The topological polar surface area (TPSA) is 95.8 Å². The maximum atomic E-state index is 13.5. The summed E-state index contributed by atoms with van der Waals surface area (Å²) in [5, 5.41) is 4.21. The summed E-state index contributed by atoms with van der Waals surface area (Å²) >= 11 is 0. The first-order chi connectivity index (χ1) is 11.5. The number of nitrogens with two attached hydrogens (primary N) is 1. The molecule has 2 heterocycles. The molecule has 0 aliphatic carbocycles. The number of pyridine rings is 1. The normalized spacial score (nSPS) is 10.7. The van der Waals surface area contributed by atoms with E-state index in [0.717, 1.165) is 0 Å². The van der Waals surface area contributed by atoms with Gasteiger partial charge in [-0.2, -0.15) is 5.10 Å². The number of nitrogens with zero attached hydrogens (tertiary/aromatic N) is 4. The summed E-state index contributed by atoms with van der Waals surface area (Å²) in [6.45, 7) is 0.127. The molecule has 0 aliphatic rings. The van der Waals surface area contributed by atoms with Gasteiger partial charge in [0.25, 0.3) is 5.56 Å². The molecule has 1 aromatic carbocycles. The van der Waals surface area contributed by atoms with Gasteiger partial charge in [-0.1, -0.05) is 12.1 Å². The molecule has 3 rings (SSSR count). The Morgan fingerprint density at radius 1 is 1.21 bits per heavy atom. The number of halogens is 1. The average Bonchev–Trinajstić information content (AvgIpc) is 2.91. The quantitative estimate of drug-likeness (QED) is 0.744. The molecule has 0 unspecified atom stereocenters. The number of benzene rings is 1. The van der Waals surface area contributed by atoms with Crippen molar-refractivity contribution in [2.45, 2.75) is 13.0 Å². The van der Waals surface area contributed by atoms with Crippen LogP contribution < -0.4 is 11.3 Å². The van der Waals surface area contributed by atoms with E-state index in [1.807, 2.05) is 0 Å². The van der Waals surface area contributed by atoms with Crippen LogP contribution in [0, 0.1) is 5.82 Å². The van der Waals surface area contributed by atoms with Crippen molar-refractivity contribution in [2.24, 2.45) is 5.73 Å². The SMILES string of the molecule is NC(=O)Cc1nc(Cn2ccccc2=O)n(-c2cccc(F)c2)n1. The first-order valence-electron chi connectivity index (χ1n) is 7.17. The third kappa shape index (κ3) is 3.37. The van der Waals surface area contributed by atoms with Crippen LogP contribution in [0.15, 0.2) is 53.5 Å². The largest absolute Gasteiger partial charge is 0.369 e. The summed E-state index contributed by atoms with van der Waals surface area (Å²) in [4.78, 5) is 27.3. The second-order valence-corrected chi connectivity index (χ2v) is 5.15. The smallest absolute Gasteiger partial charge is 0.250 e. The van der Waals surface area contributed by atoms with Gasteiger partial charge in [0.15, 0.2) is 11.6 Å². The van der Waals surface area contributed by atoms with Crippen LogP contribution in [0.5, 0.6) is 0 Å². The minimum absolute atomic E-state index is 0.127. The molecule has 122 valence electrons. The summed E-state index contributed by atoms with van der Waals surface area (Å²) in [6.07, 6.45) is 1.47. The lowest BCUT2D eigenvalue weighted by atomic mass is 10.3. The van der Waals surface area contributed by atoms with Crippen molar-refractivity contribution < 1.29 is 9.18 Å². The van der Waals surface area contributed by atoms with Gasteiger partial charge in [0.1, 0.15) is 5.82 Å². The number of primary amides is 1. The fourth-order valence-electron chi connectivity index (χ4n) is 2.28. The molecule has 0 fully saturated rings. The third-order valence-corrected chi connectivity index (χ3v) is 3.31. The van der Waals surface area contributed by atoms with Crippen LogP contribution in [0.1, 0.15) is 11.6 Å². The number of rotatable bonds is 5. The van der Waals surface area contributed by atoms with Gasteiger partial charge < -0.3 is 10.3 Å². The predicted octanol–water partition coefficient (Wildman–Crippen LogP) is 0.644. The molecule has 0 atom stereocenters. The molecule has 0 spiro atoms. The van der Waals surface area contributed by atoms with Gasteiger partial charge in [0, 0.05) is 12.3 Å². The maximum Gasteiger partial charge on any atom is 0.250 e. The Balaban J connectivity index is 2.06. The zero-order chi connectivity index (χ0) is 17.1. The summed E-state index contributed by atoms with van der Waals surface area (Å²) < 4.78 is 16.3. The lowest BCUT2D eigenvalue weighted by Gasteiger charge is -2.07. The highest BCUT2D eigenvalue weighted by atomic mass is 19.1. The first kappa shape index (κ1) is 15.6. The van der Waals surface area contributed by atoms with E-state index in [2.05, 4.69) is 10.1 Å². The van der Waals surface area contributed by atoms with Gasteiger partial charge in [-0.05, 0) is 24.3 Å². The highest BCUT2D eigenvalue weighted by molar-refractivity contribution is 5.75. The average molecular weight is 327 g/mol. The van der Waals surface area contributed by atoms with E-state index in [-0.39, 0.29) is 24.3 Å². The van der Waals surface area contributed by atoms with Gasteiger partial charge >= 0.3 is 0 Å². The highest BCUT2D eigenvalue weighted by Gasteiger charge is 2.14. The maximum absolute atomic E-state index is 13.5. The van der Waals surface area contributed by atoms with E-state index in [1.165, 1.54) is 27.4 Å². The zero-order valence-electron chi connectivity index (χ0n) is 12.6. The predicted molar refractivity (Wildman–Crippen MR) is 84.0 cm³/mol. The van der Waals surface area contributed by atoms with Gasteiger partial charge in [-0.25, -0.2) is 14.1 Å². The Kier molecular flexibility index (Phi) is 4.19. The van der Waals surface area contributed by atoms with Crippen LogP contribution in [0.3, 0.4) is 0 Å². The number of hydrogen-bond donors (Lipinski definition) is 1. The Labute approximate surface area is 136 Å². The highest BCUT2D eigenvalue weighted by Crippen LogP contribution is 2.13. The lowest BCUT2D eigenvalue weighted by molar-refractivity contribution is -0.117. The molecule has 0 bridgehead atoms. The third-order valence-electron chi connectivity index (χ3n) is 3.31.